The predicted octanol–water partition coefficient (Wildman–Crippen LogP) is 3.20. The van der Waals surface area contributed by atoms with Crippen LogP contribution in [0, 0.1) is 12.7 Å². The monoisotopic (exact) mass is 288 g/mol. The number of aromatic hydroxyl groups is 1. The number of rotatable bonds is 4. The van der Waals surface area contributed by atoms with Crippen molar-refractivity contribution in [2.45, 2.75) is 13.3 Å². The highest BCUT2D eigenvalue weighted by atomic mass is 19.1. The molecule has 0 fully saturated rings. The van der Waals surface area contributed by atoms with Crippen LogP contribution in [0.5, 0.6) is 5.75 Å². The molecule has 2 aromatic carbocycles. The largest absolute Gasteiger partial charge is 0.506 e. The predicted molar refractivity (Wildman–Crippen MR) is 80.0 cm³/mol. The first-order chi connectivity index (χ1) is 10.0. The van der Waals surface area contributed by atoms with Gasteiger partial charge < -0.3 is 15.7 Å². The molecule has 0 saturated heterocycles. The Morgan fingerprint density at radius 2 is 2.05 bits per heavy atom. The molecule has 0 atom stereocenters. The summed E-state index contributed by atoms with van der Waals surface area (Å²) in [6, 6.07) is 10.8. The first kappa shape index (κ1) is 14.8. The minimum Gasteiger partial charge on any atom is -0.506 e. The van der Waals surface area contributed by atoms with E-state index in [0.717, 1.165) is 11.1 Å². The summed E-state index contributed by atoms with van der Waals surface area (Å²) >= 11 is 0. The summed E-state index contributed by atoms with van der Waals surface area (Å²) < 4.78 is 13.0. The molecule has 2 aromatic rings. The van der Waals surface area contributed by atoms with E-state index in [0.29, 0.717) is 18.7 Å². The smallest absolute Gasteiger partial charge is 0.319 e. The molecule has 21 heavy (non-hydrogen) atoms. The minimum atomic E-state index is -0.412. The number of carbonyl (C=O) groups excluding carboxylic acids is 1. The van der Waals surface area contributed by atoms with Crippen molar-refractivity contribution in [3.05, 3.63) is 59.4 Å². The number of hydrogen-bond acceptors (Lipinski definition) is 2. The highest BCUT2D eigenvalue weighted by Gasteiger charge is 2.05. The van der Waals surface area contributed by atoms with Gasteiger partial charge in [0, 0.05) is 6.54 Å². The fraction of sp³-hybridized carbons (Fsp3) is 0.188. The molecule has 2 rings (SSSR count). The zero-order valence-electron chi connectivity index (χ0n) is 11.7. The zero-order valence-corrected chi connectivity index (χ0v) is 11.7. The summed E-state index contributed by atoms with van der Waals surface area (Å²) in [5, 5.41) is 14.9. The molecule has 0 heterocycles. The highest BCUT2D eigenvalue weighted by Crippen LogP contribution is 2.23. The molecule has 0 aromatic heterocycles. The Morgan fingerprint density at radius 1 is 1.24 bits per heavy atom. The fourth-order valence-electron chi connectivity index (χ4n) is 1.93. The van der Waals surface area contributed by atoms with Crippen molar-refractivity contribution in [3.8, 4) is 5.75 Å². The van der Waals surface area contributed by atoms with E-state index in [2.05, 4.69) is 10.6 Å². The minimum absolute atomic E-state index is 0.0234. The number of nitrogens with one attached hydrogen (secondary N) is 2. The molecule has 0 radical (unpaired) electrons. The lowest BCUT2D eigenvalue weighted by Crippen LogP contribution is -2.30. The normalized spacial score (nSPS) is 10.2. The van der Waals surface area contributed by atoms with E-state index < -0.39 is 6.03 Å². The van der Waals surface area contributed by atoms with Crippen LogP contribution >= 0.6 is 0 Å². The van der Waals surface area contributed by atoms with Crippen LogP contribution in [0.3, 0.4) is 0 Å². The van der Waals surface area contributed by atoms with Gasteiger partial charge in [0.1, 0.15) is 11.6 Å². The van der Waals surface area contributed by atoms with Crippen molar-refractivity contribution in [2.75, 3.05) is 11.9 Å². The van der Waals surface area contributed by atoms with E-state index in [1.165, 1.54) is 12.1 Å². The molecule has 0 bridgehead atoms. The molecule has 0 spiro atoms. The van der Waals surface area contributed by atoms with E-state index >= 15 is 0 Å². The molecule has 0 aliphatic heterocycles. The number of benzene rings is 2. The third-order valence-corrected chi connectivity index (χ3v) is 2.99. The molecule has 0 aliphatic rings. The lowest BCUT2D eigenvalue weighted by molar-refractivity contribution is 0.252. The molecule has 4 nitrogen and oxygen atoms in total. The van der Waals surface area contributed by atoms with Gasteiger partial charge in [0.05, 0.1) is 5.69 Å². The van der Waals surface area contributed by atoms with Gasteiger partial charge in [0.15, 0.2) is 0 Å². The summed E-state index contributed by atoms with van der Waals surface area (Å²) in [5.41, 5.74) is 2.07. The molecule has 0 unspecified atom stereocenters. The average Bonchev–Trinajstić information content (AvgIpc) is 2.42. The van der Waals surface area contributed by atoms with Crippen LogP contribution in [0.15, 0.2) is 42.5 Å². The van der Waals surface area contributed by atoms with Gasteiger partial charge in [-0.25, -0.2) is 9.18 Å². The molecule has 110 valence electrons. The van der Waals surface area contributed by atoms with Gasteiger partial charge in [0.25, 0.3) is 0 Å². The Hall–Kier alpha value is -2.56. The molecule has 3 N–H and O–H groups in total. The molecular weight excluding hydrogens is 271 g/mol. The molecule has 0 aliphatic carbocycles. The summed E-state index contributed by atoms with van der Waals surface area (Å²) in [5.74, 6) is -0.267. The second-order valence-corrected chi connectivity index (χ2v) is 4.78. The van der Waals surface area contributed by atoms with Crippen LogP contribution in [-0.2, 0) is 6.42 Å². The Kier molecular flexibility index (Phi) is 4.77. The van der Waals surface area contributed by atoms with Crippen molar-refractivity contribution in [1.29, 1.82) is 0 Å². The number of aryl methyl sites for hydroxylation is 1. The van der Waals surface area contributed by atoms with Crippen LogP contribution < -0.4 is 10.6 Å². The van der Waals surface area contributed by atoms with Crippen LogP contribution in [0.1, 0.15) is 11.1 Å². The molecule has 5 heteroatoms. The zero-order chi connectivity index (χ0) is 15.2. The van der Waals surface area contributed by atoms with Crippen molar-refractivity contribution in [2.24, 2.45) is 0 Å². The summed E-state index contributed by atoms with van der Waals surface area (Å²) in [7, 11) is 0. The van der Waals surface area contributed by atoms with Gasteiger partial charge >= 0.3 is 6.03 Å². The average molecular weight is 288 g/mol. The van der Waals surface area contributed by atoms with Crippen molar-refractivity contribution in [3.63, 3.8) is 0 Å². The Balaban J connectivity index is 1.82. The number of amides is 2. The van der Waals surface area contributed by atoms with Crippen LogP contribution in [0.2, 0.25) is 0 Å². The summed E-state index contributed by atoms with van der Waals surface area (Å²) in [6.07, 6.45) is 0.533. The number of hydrogen-bond donors (Lipinski definition) is 3. The summed E-state index contributed by atoms with van der Waals surface area (Å²) in [4.78, 5) is 11.7. The molecule has 0 saturated carbocycles. The fourth-order valence-corrected chi connectivity index (χ4v) is 1.93. The maximum absolute atomic E-state index is 13.0. The van der Waals surface area contributed by atoms with Crippen molar-refractivity contribution < 1.29 is 14.3 Å². The van der Waals surface area contributed by atoms with Crippen LogP contribution in [-0.4, -0.2) is 17.7 Å². The van der Waals surface area contributed by atoms with E-state index in [9.17, 15) is 14.3 Å². The number of anilines is 1. The number of halogens is 1. The van der Waals surface area contributed by atoms with Gasteiger partial charge in [0.2, 0.25) is 0 Å². The molecule has 2 amide bonds. The number of carbonyl (C=O) groups is 1. The quantitative estimate of drug-likeness (QED) is 0.757. The van der Waals surface area contributed by atoms with Gasteiger partial charge in [-0.3, -0.25) is 0 Å². The van der Waals surface area contributed by atoms with E-state index in [1.807, 2.05) is 6.92 Å². The standard InChI is InChI=1S/C16H17FN2O2/c1-11-5-6-14(15(20)9-11)19-16(21)18-8-7-12-3-2-4-13(17)10-12/h2-6,9-10,20H,7-8H2,1H3,(H2,18,19,21). The second kappa shape index (κ2) is 6.74. The van der Waals surface area contributed by atoms with E-state index in [1.54, 1.807) is 30.3 Å². The third-order valence-electron chi connectivity index (χ3n) is 2.99. The van der Waals surface area contributed by atoms with Gasteiger partial charge in [-0.05, 0) is 48.7 Å². The molecular formula is C16H17FN2O2. The topological polar surface area (TPSA) is 61.4 Å². The third kappa shape index (κ3) is 4.49. The van der Waals surface area contributed by atoms with Gasteiger partial charge in [-0.15, -0.1) is 0 Å². The van der Waals surface area contributed by atoms with Crippen LogP contribution in [0.4, 0.5) is 14.9 Å². The Bertz CT molecular complexity index is 644. The maximum atomic E-state index is 13.0. The summed E-state index contributed by atoms with van der Waals surface area (Å²) in [6.45, 7) is 2.23. The number of phenolic OH excluding ortho intramolecular Hbond substituents is 1. The van der Waals surface area contributed by atoms with Crippen molar-refractivity contribution in [1.82, 2.24) is 5.32 Å². The Morgan fingerprint density at radius 3 is 2.76 bits per heavy atom. The van der Waals surface area contributed by atoms with Gasteiger partial charge in [-0.1, -0.05) is 18.2 Å². The first-order valence-corrected chi connectivity index (χ1v) is 6.63. The highest BCUT2D eigenvalue weighted by molar-refractivity contribution is 5.90. The lowest BCUT2D eigenvalue weighted by Gasteiger charge is -2.09. The van der Waals surface area contributed by atoms with Crippen LogP contribution in [0.25, 0.3) is 0 Å². The van der Waals surface area contributed by atoms with Crippen molar-refractivity contribution >= 4 is 11.7 Å². The van der Waals surface area contributed by atoms with E-state index in [4.69, 9.17) is 0 Å². The van der Waals surface area contributed by atoms with Gasteiger partial charge in [-0.2, -0.15) is 0 Å². The Labute approximate surface area is 122 Å². The number of urea groups is 1. The lowest BCUT2D eigenvalue weighted by atomic mass is 10.1. The van der Waals surface area contributed by atoms with E-state index in [-0.39, 0.29) is 11.6 Å². The second-order valence-electron chi connectivity index (χ2n) is 4.78. The number of phenols is 1. The first-order valence-electron chi connectivity index (χ1n) is 6.63. The maximum Gasteiger partial charge on any atom is 0.319 e. The SMILES string of the molecule is Cc1ccc(NC(=O)NCCc2cccc(F)c2)c(O)c1.